The molecule has 4 aliphatic heterocycles. The molecule has 400 valence electrons. The number of aliphatic hydroxyl groups excluding tert-OH is 1. The molecule has 2 bridgehead atoms. The van der Waals surface area contributed by atoms with Crippen LogP contribution in [-0.4, -0.2) is 146 Å². The number of phenols is 1. The Morgan fingerprint density at radius 1 is 0.895 bits per heavy atom. The Morgan fingerprint density at radius 3 is 2.41 bits per heavy atom. The Balaban J connectivity index is 0.597. The maximum Gasteiger partial charge on any atom is 0.254 e. The molecule has 11 rings (SSSR count). The summed E-state index contributed by atoms with van der Waals surface area (Å²) in [4.78, 5) is 46.4. The maximum atomic E-state index is 14.2. The lowest BCUT2D eigenvalue weighted by Crippen LogP contribution is -2.54. The summed E-state index contributed by atoms with van der Waals surface area (Å²) in [7, 11) is 0. The van der Waals surface area contributed by atoms with Crippen LogP contribution in [0.4, 0.5) is 17.2 Å². The van der Waals surface area contributed by atoms with Crippen LogP contribution in [0.15, 0.2) is 89.0 Å². The third-order valence-electron chi connectivity index (χ3n) is 15.8. The van der Waals surface area contributed by atoms with Crippen LogP contribution in [0.3, 0.4) is 0 Å². The smallest absolute Gasteiger partial charge is 0.254 e. The van der Waals surface area contributed by atoms with E-state index in [1.807, 2.05) is 74.9 Å². The highest BCUT2D eigenvalue weighted by molar-refractivity contribution is 7.13. The number of fused-ring (bicyclic) bond motifs is 2. The number of carbonyl (C=O) groups excluding carboxylic acids is 2. The van der Waals surface area contributed by atoms with Gasteiger partial charge in [-0.3, -0.25) is 14.5 Å². The zero-order valence-corrected chi connectivity index (χ0v) is 44.1. The van der Waals surface area contributed by atoms with E-state index in [2.05, 4.69) is 57.5 Å². The summed E-state index contributed by atoms with van der Waals surface area (Å²) in [6.07, 6.45) is 7.25. The molecule has 5 atom stereocenters. The molecule has 6 aromatic rings. The van der Waals surface area contributed by atoms with Crippen LogP contribution in [0, 0.1) is 12.8 Å². The van der Waals surface area contributed by atoms with Gasteiger partial charge in [-0.1, -0.05) is 50.2 Å². The SMILES string of the molecule is Cc1ncsc1-c1ccc(CNC(=O)[C@@H]2C[C@@H](O)CN2C(=O)[C@@H](c2cc(OCCN3CCC(O[C@H]4C[C@H](Oc5cc(N6C7CCC6CN(c6cc(-c8ccccc8O)nnc6N)C7)ccn5)C4)CC3)no2)C(C)C)cc1. The molecule has 20 heteroatoms. The molecular formula is C56H67N11O8S. The molecular weight excluding hydrogens is 987 g/mol. The van der Waals surface area contributed by atoms with E-state index < -0.39 is 18.1 Å². The number of piperazine rings is 1. The minimum atomic E-state index is -0.817. The molecule has 0 radical (unpaired) electrons. The van der Waals surface area contributed by atoms with Gasteiger partial charge in [0.05, 0.1) is 45.8 Å². The van der Waals surface area contributed by atoms with E-state index in [0.717, 1.165) is 97.8 Å². The van der Waals surface area contributed by atoms with Crippen molar-refractivity contribution in [2.45, 2.75) is 121 Å². The van der Waals surface area contributed by atoms with E-state index in [-0.39, 0.29) is 66.8 Å². The number of aliphatic hydroxyl groups is 1. The third-order valence-corrected chi connectivity index (χ3v) is 16.8. The number of hydrogen-bond donors (Lipinski definition) is 4. The number of hydrogen-bond acceptors (Lipinski definition) is 18. The number of para-hydroxylation sites is 1. The first kappa shape index (κ1) is 51.2. The first-order valence-electron chi connectivity index (χ1n) is 26.7. The number of anilines is 3. The second kappa shape index (κ2) is 22.4. The maximum absolute atomic E-state index is 14.2. The molecule has 4 aromatic heterocycles. The quantitative estimate of drug-likeness (QED) is 0.0711. The molecule has 76 heavy (non-hydrogen) atoms. The molecule has 2 unspecified atom stereocenters. The molecule has 5 N–H and O–H groups in total. The number of nitrogen functional groups attached to an aromatic ring is 1. The van der Waals surface area contributed by atoms with Gasteiger partial charge in [0, 0.05) is 107 Å². The average Bonchev–Trinajstić information content (AvgIpc) is 4.21. The molecule has 5 fully saturated rings. The summed E-state index contributed by atoms with van der Waals surface area (Å²) in [6, 6.07) is 22.6. The van der Waals surface area contributed by atoms with Crippen LogP contribution >= 0.6 is 11.3 Å². The minimum Gasteiger partial charge on any atom is -0.507 e. The van der Waals surface area contributed by atoms with Crippen LogP contribution in [0.5, 0.6) is 17.5 Å². The van der Waals surface area contributed by atoms with Crippen molar-refractivity contribution in [1.82, 2.24) is 40.4 Å². The number of β-amino-alcohol motifs (C(OH)–C–C–N with tert-alkyl or cyclic N) is 1. The van der Waals surface area contributed by atoms with Gasteiger partial charge in [-0.05, 0) is 79.1 Å². The highest BCUT2D eigenvalue weighted by Crippen LogP contribution is 2.41. The zero-order valence-electron chi connectivity index (χ0n) is 43.2. The first-order valence-corrected chi connectivity index (χ1v) is 27.6. The number of nitrogens with one attached hydrogen (secondary N) is 1. The number of amides is 2. The number of nitrogens with two attached hydrogens (primary N) is 1. The number of aryl methyl sites for hydroxylation is 1. The van der Waals surface area contributed by atoms with Crippen LogP contribution in [0.2, 0.25) is 0 Å². The van der Waals surface area contributed by atoms with Gasteiger partial charge >= 0.3 is 0 Å². The second-order valence-corrected chi connectivity index (χ2v) is 22.1. The number of pyridine rings is 1. The molecule has 4 saturated heterocycles. The third kappa shape index (κ3) is 11.2. The normalized spacial score (nSPS) is 23.2. The van der Waals surface area contributed by atoms with E-state index >= 15 is 0 Å². The predicted octanol–water partition coefficient (Wildman–Crippen LogP) is 6.59. The number of piperidine rings is 1. The monoisotopic (exact) mass is 1050 g/mol. The number of ether oxygens (including phenoxy) is 3. The number of thiazole rings is 1. The van der Waals surface area contributed by atoms with Crippen molar-refractivity contribution in [3.63, 3.8) is 0 Å². The lowest BCUT2D eigenvalue weighted by molar-refractivity contribution is -0.141. The Bertz CT molecular complexity index is 2960. The lowest BCUT2D eigenvalue weighted by atomic mass is 9.91. The Labute approximate surface area is 446 Å². The summed E-state index contributed by atoms with van der Waals surface area (Å²) >= 11 is 1.59. The van der Waals surface area contributed by atoms with E-state index in [1.54, 1.807) is 29.5 Å². The number of carbonyl (C=O) groups is 2. The zero-order chi connectivity index (χ0) is 52.5. The van der Waals surface area contributed by atoms with Gasteiger partial charge in [-0.25, -0.2) is 9.97 Å². The molecule has 0 spiro atoms. The van der Waals surface area contributed by atoms with Gasteiger partial charge in [0.1, 0.15) is 30.4 Å². The van der Waals surface area contributed by atoms with E-state index in [9.17, 15) is 19.8 Å². The predicted molar refractivity (Wildman–Crippen MR) is 287 cm³/mol. The Hall–Kier alpha value is -6.87. The Morgan fingerprint density at radius 2 is 1.67 bits per heavy atom. The van der Waals surface area contributed by atoms with Crippen LogP contribution in [0.1, 0.15) is 81.7 Å². The fraction of sp³-hybridized carbons (Fsp3) is 0.482. The second-order valence-electron chi connectivity index (χ2n) is 21.3. The van der Waals surface area contributed by atoms with Gasteiger partial charge in [-0.15, -0.1) is 21.5 Å². The van der Waals surface area contributed by atoms with E-state index in [1.165, 1.54) is 4.90 Å². The molecule has 2 aromatic carbocycles. The largest absolute Gasteiger partial charge is 0.507 e. The van der Waals surface area contributed by atoms with E-state index in [0.29, 0.717) is 54.3 Å². The van der Waals surface area contributed by atoms with Crippen molar-refractivity contribution in [3.05, 3.63) is 102 Å². The molecule has 1 aliphatic carbocycles. The molecule has 2 amide bonds. The molecule has 19 nitrogen and oxygen atoms in total. The summed E-state index contributed by atoms with van der Waals surface area (Å²) < 4.78 is 24.7. The number of rotatable bonds is 18. The topological polar surface area (TPSA) is 231 Å². The van der Waals surface area contributed by atoms with Gasteiger partial charge in [0.2, 0.25) is 17.7 Å². The van der Waals surface area contributed by atoms with Crippen LogP contribution < -0.4 is 30.3 Å². The molecule has 1 saturated carbocycles. The van der Waals surface area contributed by atoms with Crippen LogP contribution in [0.25, 0.3) is 21.7 Å². The van der Waals surface area contributed by atoms with Gasteiger partial charge in [0.25, 0.3) is 5.88 Å². The van der Waals surface area contributed by atoms with Crippen molar-refractivity contribution in [1.29, 1.82) is 0 Å². The van der Waals surface area contributed by atoms with Crippen molar-refractivity contribution >= 4 is 40.3 Å². The number of nitrogens with zero attached hydrogens (tertiary/aromatic N) is 9. The summed E-state index contributed by atoms with van der Waals surface area (Å²) in [5, 5.41) is 36.8. The number of aromatic hydroxyl groups is 1. The van der Waals surface area contributed by atoms with Gasteiger partial charge < -0.3 is 54.7 Å². The number of aromatic nitrogens is 5. The summed E-state index contributed by atoms with van der Waals surface area (Å²) in [5.41, 5.74) is 14.4. The number of benzene rings is 2. The van der Waals surface area contributed by atoms with Crippen molar-refractivity contribution in [2.24, 2.45) is 5.92 Å². The van der Waals surface area contributed by atoms with Gasteiger partial charge in [-0.2, -0.15) is 0 Å². The molecule has 8 heterocycles. The summed E-state index contributed by atoms with van der Waals surface area (Å²) in [6.45, 7) is 10.7. The van der Waals surface area contributed by atoms with Crippen molar-refractivity contribution < 1.29 is 38.5 Å². The van der Waals surface area contributed by atoms with Crippen molar-refractivity contribution in [2.75, 3.05) is 61.4 Å². The average molecular weight is 1050 g/mol. The standard InChI is InChI=1S/C56H67N11O8S/c1-33(2)52(56(71)66-31-40(68)23-47(66)55(70)59-28-35-8-10-36(11-9-35)53-34(3)60-32-76-53)49-27-51(63-75-49)72-21-20-64-18-15-41(16-19-64)73-42-24-43(25-42)74-50-22-37(14-17-58-50)67-38-12-13-39(67)30-65(29-38)46-26-45(61-62-54(46)57)44-6-4-5-7-48(44)69/h4-11,14,17,22,26-27,32-33,38-43,47,52,68-69H,12-13,15-16,18-21,23-25,28-31H2,1-3H3,(H2,57,62)(H,59,70)/t38?,39?,40-,42-,43-,47+,52-/m1/s1. The Kier molecular flexibility index (Phi) is 15.1. The van der Waals surface area contributed by atoms with E-state index in [4.69, 9.17) is 24.5 Å². The number of likely N-dealkylation sites (tertiary alicyclic amines) is 2. The highest BCUT2D eigenvalue weighted by Gasteiger charge is 2.44. The number of phenolic OH excluding ortho intramolecular Hbond substituents is 1. The highest BCUT2D eigenvalue weighted by atomic mass is 32.1. The molecule has 5 aliphatic rings. The van der Waals surface area contributed by atoms with Crippen molar-refractivity contribution in [3.8, 4) is 39.2 Å². The fourth-order valence-electron chi connectivity index (χ4n) is 11.7. The van der Waals surface area contributed by atoms with Gasteiger partial charge in [0.15, 0.2) is 11.6 Å². The fourth-order valence-corrected chi connectivity index (χ4v) is 12.5. The summed E-state index contributed by atoms with van der Waals surface area (Å²) in [5.74, 6) is 0.359. The lowest BCUT2D eigenvalue weighted by Gasteiger charge is -2.43. The van der Waals surface area contributed by atoms with Crippen LogP contribution in [-0.2, 0) is 20.9 Å². The first-order chi connectivity index (χ1) is 36.9. The minimum absolute atomic E-state index is 0.0568.